The zero-order chi connectivity index (χ0) is 10.8. The molecule has 0 N–H and O–H groups in total. The first-order valence-electron chi connectivity index (χ1n) is 4.42. The van der Waals surface area contributed by atoms with Crippen molar-refractivity contribution in [3.63, 3.8) is 0 Å². The third kappa shape index (κ3) is 2.95. The van der Waals surface area contributed by atoms with Gasteiger partial charge in [0.2, 0.25) is 0 Å². The Bertz CT molecular complexity index is 311. The molecular formula is C8H15NO4S. The number of hydrogen-bond acceptors (Lipinski definition) is 5. The summed E-state index contributed by atoms with van der Waals surface area (Å²) in [6.07, 6.45) is 0.607. The Labute approximate surface area is 83.9 Å². The molecule has 0 aromatic carbocycles. The summed E-state index contributed by atoms with van der Waals surface area (Å²) in [5.41, 5.74) is 0. The van der Waals surface area contributed by atoms with Crippen molar-refractivity contribution in [3.05, 3.63) is 0 Å². The first-order valence-corrected chi connectivity index (χ1v) is 6.24. The quantitative estimate of drug-likeness (QED) is 0.588. The highest BCUT2D eigenvalue weighted by Gasteiger charge is 2.31. The molecule has 82 valence electrons. The molecule has 14 heavy (non-hydrogen) atoms. The number of methoxy groups -OCH3 is 1. The first-order chi connectivity index (χ1) is 6.44. The van der Waals surface area contributed by atoms with E-state index in [1.807, 2.05) is 0 Å². The Morgan fingerprint density at radius 3 is 2.64 bits per heavy atom. The molecule has 0 aromatic rings. The van der Waals surface area contributed by atoms with E-state index in [1.165, 1.54) is 7.11 Å². The molecule has 6 heteroatoms. The molecule has 0 saturated carbocycles. The van der Waals surface area contributed by atoms with E-state index in [1.54, 1.807) is 11.9 Å². The summed E-state index contributed by atoms with van der Waals surface area (Å²) in [4.78, 5) is 12.7. The first kappa shape index (κ1) is 11.5. The molecule has 1 heterocycles. The molecule has 1 saturated heterocycles. The number of hydrogen-bond donors (Lipinski definition) is 0. The van der Waals surface area contributed by atoms with Gasteiger partial charge in [-0.2, -0.15) is 0 Å². The number of ether oxygens (including phenoxy) is 1. The van der Waals surface area contributed by atoms with Crippen LogP contribution in [0.3, 0.4) is 0 Å². The zero-order valence-electron chi connectivity index (χ0n) is 8.39. The maximum Gasteiger partial charge on any atom is 0.319 e. The summed E-state index contributed by atoms with van der Waals surface area (Å²) in [6, 6.07) is -0.0425. The van der Waals surface area contributed by atoms with Crippen LogP contribution >= 0.6 is 0 Å². The van der Waals surface area contributed by atoms with E-state index < -0.39 is 9.84 Å². The van der Waals surface area contributed by atoms with Crippen molar-refractivity contribution in [1.29, 1.82) is 0 Å². The Morgan fingerprint density at radius 1 is 1.57 bits per heavy atom. The lowest BCUT2D eigenvalue weighted by molar-refractivity contribution is -0.142. The number of rotatable bonds is 3. The third-order valence-corrected chi connectivity index (χ3v) is 4.19. The number of esters is 1. The highest BCUT2D eigenvalue weighted by Crippen LogP contribution is 2.15. The lowest BCUT2D eigenvalue weighted by atomic mass is 10.2. The second-order valence-electron chi connectivity index (χ2n) is 3.55. The fraction of sp³-hybridized carbons (Fsp3) is 0.875. The average Bonchev–Trinajstić information content (AvgIpc) is 2.46. The minimum atomic E-state index is -2.88. The number of carbonyl (C=O) groups is 1. The predicted molar refractivity (Wildman–Crippen MR) is 51.7 cm³/mol. The van der Waals surface area contributed by atoms with Gasteiger partial charge >= 0.3 is 5.97 Å². The average molecular weight is 221 g/mol. The van der Waals surface area contributed by atoms with Gasteiger partial charge in [0, 0.05) is 6.04 Å². The van der Waals surface area contributed by atoms with Gasteiger partial charge in [-0.05, 0) is 13.5 Å². The maximum absolute atomic E-state index is 11.2. The van der Waals surface area contributed by atoms with E-state index in [-0.39, 0.29) is 30.1 Å². The lowest BCUT2D eigenvalue weighted by Gasteiger charge is -2.21. The summed E-state index contributed by atoms with van der Waals surface area (Å²) >= 11 is 0. The molecule has 0 unspecified atom stereocenters. The van der Waals surface area contributed by atoms with Crippen molar-refractivity contribution >= 4 is 15.8 Å². The van der Waals surface area contributed by atoms with Crippen LogP contribution in [0.1, 0.15) is 6.42 Å². The number of sulfone groups is 1. The van der Waals surface area contributed by atoms with Crippen LogP contribution in [0, 0.1) is 0 Å². The maximum atomic E-state index is 11.2. The summed E-state index contributed by atoms with van der Waals surface area (Å²) in [5.74, 6) is 0.0423. The topological polar surface area (TPSA) is 63.7 Å². The SMILES string of the molecule is COC(=O)CN(C)[C@@H]1CCS(=O)(=O)C1. The molecule has 5 nitrogen and oxygen atoms in total. The van der Waals surface area contributed by atoms with E-state index in [9.17, 15) is 13.2 Å². The van der Waals surface area contributed by atoms with Crippen LogP contribution in [-0.2, 0) is 19.4 Å². The van der Waals surface area contributed by atoms with E-state index in [4.69, 9.17) is 0 Å². The van der Waals surface area contributed by atoms with Crippen LogP contribution in [0.2, 0.25) is 0 Å². The van der Waals surface area contributed by atoms with Gasteiger partial charge < -0.3 is 4.74 Å². The molecule has 0 aliphatic carbocycles. The second kappa shape index (κ2) is 4.27. The summed E-state index contributed by atoms with van der Waals surface area (Å²) in [7, 11) is 0.183. The Hall–Kier alpha value is -0.620. The van der Waals surface area contributed by atoms with Crippen molar-refractivity contribution in [1.82, 2.24) is 4.90 Å². The monoisotopic (exact) mass is 221 g/mol. The normalized spacial score (nSPS) is 25.2. The largest absolute Gasteiger partial charge is 0.468 e. The molecular weight excluding hydrogens is 206 g/mol. The number of nitrogens with zero attached hydrogens (tertiary/aromatic N) is 1. The third-order valence-electron chi connectivity index (χ3n) is 2.44. The van der Waals surface area contributed by atoms with Crippen LogP contribution < -0.4 is 0 Å². The van der Waals surface area contributed by atoms with E-state index in [0.717, 1.165) is 0 Å². The van der Waals surface area contributed by atoms with Gasteiger partial charge in [0.05, 0.1) is 25.2 Å². The van der Waals surface area contributed by atoms with Crippen molar-refractivity contribution < 1.29 is 17.9 Å². The van der Waals surface area contributed by atoms with Crippen LogP contribution in [0.4, 0.5) is 0 Å². The Balaban J connectivity index is 2.47. The summed E-state index contributed by atoms with van der Waals surface area (Å²) < 4.78 is 26.8. The fourth-order valence-corrected chi connectivity index (χ4v) is 3.33. The molecule has 0 amide bonds. The van der Waals surface area contributed by atoms with Crippen molar-refractivity contribution in [2.24, 2.45) is 0 Å². The smallest absolute Gasteiger partial charge is 0.319 e. The van der Waals surface area contributed by atoms with Gasteiger partial charge in [0.15, 0.2) is 9.84 Å². The zero-order valence-corrected chi connectivity index (χ0v) is 9.21. The van der Waals surface area contributed by atoms with Gasteiger partial charge in [-0.1, -0.05) is 0 Å². The number of likely N-dealkylation sites (N-methyl/N-ethyl adjacent to an activating group) is 1. The minimum absolute atomic E-state index is 0.0425. The molecule has 1 atom stereocenters. The van der Waals surface area contributed by atoms with Crippen LogP contribution in [0.25, 0.3) is 0 Å². The van der Waals surface area contributed by atoms with Crippen LogP contribution in [0.15, 0.2) is 0 Å². The molecule has 1 aliphatic heterocycles. The molecule has 0 bridgehead atoms. The Morgan fingerprint density at radius 2 is 2.21 bits per heavy atom. The van der Waals surface area contributed by atoms with Crippen molar-refractivity contribution in [2.45, 2.75) is 12.5 Å². The summed E-state index contributed by atoms with van der Waals surface area (Å²) in [6.45, 7) is 0.149. The van der Waals surface area contributed by atoms with Gasteiger partial charge in [0.25, 0.3) is 0 Å². The van der Waals surface area contributed by atoms with E-state index in [2.05, 4.69) is 4.74 Å². The van der Waals surface area contributed by atoms with Crippen molar-refractivity contribution in [2.75, 3.05) is 32.2 Å². The van der Waals surface area contributed by atoms with Crippen LogP contribution in [0.5, 0.6) is 0 Å². The summed E-state index contributed by atoms with van der Waals surface area (Å²) in [5, 5.41) is 0. The highest BCUT2D eigenvalue weighted by atomic mass is 32.2. The van der Waals surface area contributed by atoms with Crippen LogP contribution in [-0.4, -0.2) is 57.5 Å². The van der Waals surface area contributed by atoms with Gasteiger partial charge in [-0.15, -0.1) is 0 Å². The molecule has 1 aliphatic rings. The molecule has 0 radical (unpaired) electrons. The predicted octanol–water partition coefficient (Wildman–Crippen LogP) is -0.722. The van der Waals surface area contributed by atoms with Gasteiger partial charge in [-0.25, -0.2) is 8.42 Å². The minimum Gasteiger partial charge on any atom is -0.468 e. The fourth-order valence-electron chi connectivity index (χ4n) is 1.52. The molecule has 0 aromatic heterocycles. The molecule has 1 fully saturated rings. The number of carbonyl (C=O) groups excluding carboxylic acids is 1. The second-order valence-corrected chi connectivity index (χ2v) is 5.78. The molecule has 1 rings (SSSR count). The van der Waals surface area contributed by atoms with E-state index >= 15 is 0 Å². The Kier molecular flexibility index (Phi) is 3.49. The van der Waals surface area contributed by atoms with Gasteiger partial charge in [0.1, 0.15) is 0 Å². The standard InChI is InChI=1S/C8H15NO4S/c1-9(5-8(10)13-2)7-3-4-14(11,12)6-7/h7H,3-6H2,1-2H3/t7-/m1/s1. The lowest BCUT2D eigenvalue weighted by Crippen LogP contribution is -2.37. The van der Waals surface area contributed by atoms with E-state index in [0.29, 0.717) is 6.42 Å². The molecule has 0 spiro atoms. The highest BCUT2D eigenvalue weighted by molar-refractivity contribution is 7.91. The van der Waals surface area contributed by atoms with Gasteiger partial charge in [-0.3, -0.25) is 9.69 Å². The van der Waals surface area contributed by atoms with Crippen molar-refractivity contribution in [3.8, 4) is 0 Å².